The maximum atomic E-state index is 6.01. The highest BCUT2D eigenvalue weighted by atomic mass is 79.9. The number of nitrogens with one attached hydrogen (secondary N) is 1. The Morgan fingerprint density at radius 3 is 2.48 bits per heavy atom. The maximum absolute atomic E-state index is 6.01. The molecule has 1 heterocycles. The van der Waals surface area contributed by atoms with Crippen LogP contribution in [0.2, 0.25) is 0 Å². The predicted molar refractivity (Wildman–Crippen MR) is 99.7 cm³/mol. The van der Waals surface area contributed by atoms with Gasteiger partial charge in [0.05, 0.1) is 0 Å². The third-order valence-electron chi connectivity index (χ3n) is 3.63. The van der Waals surface area contributed by atoms with E-state index >= 15 is 0 Å². The molecule has 3 rings (SSSR count). The molecule has 0 bridgehead atoms. The van der Waals surface area contributed by atoms with Crippen LogP contribution in [0.1, 0.15) is 16.7 Å². The van der Waals surface area contributed by atoms with Gasteiger partial charge in [-0.05, 0) is 35.4 Å². The van der Waals surface area contributed by atoms with Crippen LogP contribution in [-0.4, -0.2) is 4.98 Å². The SMILES string of the molecule is Brc1ccc(OCc2ccccc2)c(CNCc2cccnc2)c1.[Cl-]. The van der Waals surface area contributed by atoms with Gasteiger partial charge < -0.3 is 22.5 Å². The number of rotatable bonds is 7. The average Bonchev–Trinajstić information content (AvgIpc) is 2.63. The van der Waals surface area contributed by atoms with Gasteiger partial charge in [-0.3, -0.25) is 4.98 Å². The lowest BCUT2D eigenvalue weighted by molar-refractivity contribution is -0.00000510. The van der Waals surface area contributed by atoms with Crippen LogP contribution in [0.15, 0.2) is 77.5 Å². The molecule has 1 aromatic heterocycles. The third-order valence-corrected chi connectivity index (χ3v) is 4.12. The maximum Gasteiger partial charge on any atom is 0.124 e. The first-order chi connectivity index (χ1) is 11.8. The summed E-state index contributed by atoms with van der Waals surface area (Å²) in [5, 5.41) is 3.44. The van der Waals surface area contributed by atoms with E-state index in [1.54, 1.807) is 6.20 Å². The Kier molecular flexibility index (Phi) is 7.92. The number of hydrogen-bond acceptors (Lipinski definition) is 3. The molecule has 5 heteroatoms. The fraction of sp³-hybridized carbons (Fsp3) is 0.150. The van der Waals surface area contributed by atoms with Gasteiger partial charge in [0.2, 0.25) is 0 Å². The highest BCUT2D eigenvalue weighted by molar-refractivity contribution is 9.10. The number of ether oxygens (including phenoxy) is 1. The van der Waals surface area contributed by atoms with Crippen molar-refractivity contribution >= 4 is 15.9 Å². The molecule has 25 heavy (non-hydrogen) atoms. The largest absolute Gasteiger partial charge is 1.00 e. The predicted octanol–water partition coefficient (Wildman–Crippen LogP) is 1.72. The minimum atomic E-state index is 0. The molecule has 130 valence electrons. The quantitative estimate of drug-likeness (QED) is 0.634. The molecule has 0 aliphatic heterocycles. The topological polar surface area (TPSA) is 34.1 Å². The van der Waals surface area contributed by atoms with Gasteiger partial charge in [-0.2, -0.15) is 0 Å². The van der Waals surface area contributed by atoms with E-state index in [0.29, 0.717) is 6.61 Å². The van der Waals surface area contributed by atoms with Crippen molar-refractivity contribution in [1.29, 1.82) is 0 Å². The normalized spacial score (nSPS) is 10.1. The molecule has 1 N–H and O–H groups in total. The Bertz CT molecular complexity index is 769. The van der Waals surface area contributed by atoms with Crippen molar-refractivity contribution in [3.8, 4) is 5.75 Å². The van der Waals surface area contributed by atoms with Gasteiger partial charge in [0, 0.05) is 35.5 Å². The summed E-state index contributed by atoms with van der Waals surface area (Å²) < 4.78 is 7.06. The van der Waals surface area contributed by atoms with Crippen LogP contribution in [0, 0.1) is 0 Å². The van der Waals surface area contributed by atoms with Gasteiger partial charge in [0.25, 0.3) is 0 Å². The molecule has 0 amide bonds. The smallest absolute Gasteiger partial charge is 0.124 e. The van der Waals surface area contributed by atoms with E-state index in [0.717, 1.165) is 34.4 Å². The molecular formula is C20H19BrClN2O-. The number of hydrogen-bond donors (Lipinski definition) is 1. The van der Waals surface area contributed by atoms with Gasteiger partial charge in [-0.1, -0.05) is 52.3 Å². The molecule has 0 fully saturated rings. The summed E-state index contributed by atoms with van der Waals surface area (Å²) in [5.41, 5.74) is 3.46. The van der Waals surface area contributed by atoms with Crippen LogP contribution in [0.3, 0.4) is 0 Å². The fourth-order valence-corrected chi connectivity index (χ4v) is 2.81. The summed E-state index contributed by atoms with van der Waals surface area (Å²) in [6, 6.07) is 20.3. The van der Waals surface area contributed by atoms with Crippen molar-refractivity contribution in [3.63, 3.8) is 0 Å². The van der Waals surface area contributed by atoms with Crippen LogP contribution in [0.5, 0.6) is 5.75 Å². The second kappa shape index (κ2) is 10.2. The van der Waals surface area contributed by atoms with E-state index in [-0.39, 0.29) is 12.4 Å². The highest BCUT2D eigenvalue weighted by Crippen LogP contribution is 2.24. The van der Waals surface area contributed by atoms with E-state index in [1.807, 2.05) is 42.6 Å². The third kappa shape index (κ3) is 6.16. The van der Waals surface area contributed by atoms with Crippen LogP contribution >= 0.6 is 15.9 Å². The van der Waals surface area contributed by atoms with E-state index in [1.165, 1.54) is 5.56 Å². The number of pyridine rings is 1. The van der Waals surface area contributed by atoms with Crippen molar-refractivity contribution in [2.24, 2.45) is 0 Å². The summed E-state index contributed by atoms with van der Waals surface area (Å²) in [7, 11) is 0. The molecule has 0 atom stereocenters. The van der Waals surface area contributed by atoms with Gasteiger partial charge in [0.15, 0.2) is 0 Å². The summed E-state index contributed by atoms with van der Waals surface area (Å²) in [6.07, 6.45) is 3.66. The van der Waals surface area contributed by atoms with E-state index in [9.17, 15) is 0 Å². The summed E-state index contributed by atoms with van der Waals surface area (Å²) >= 11 is 3.54. The highest BCUT2D eigenvalue weighted by Gasteiger charge is 2.05. The standard InChI is InChI=1S/C20H19BrN2O.ClH/c21-19-8-9-20(24-15-16-5-2-1-3-6-16)18(11-19)14-23-13-17-7-4-10-22-12-17;/h1-12,23H,13-15H2;1H/p-1. The van der Waals surface area contributed by atoms with E-state index in [2.05, 4.69) is 50.5 Å². The molecule has 0 radical (unpaired) electrons. The van der Waals surface area contributed by atoms with Crippen LogP contribution in [-0.2, 0) is 19.7 Å². The number of halogens is 2. The van der Waals surface area contributed by atoms with Gasteiger partial charge in [0.1, 0.15) is 12.4 Å². The molecule has 3 nitrogen and oxygen atoms in total. The second-order valence-corrected chi connectivity index (χ2v) is 6.41. The van der Waals surface area contributed by atoms with E-state index in [4.69, 9.17) is 4.74 Å². The van der Waals surface area contributed by atoms with Crippen molar-refractivity contribution in [1.82, 2.24) is 10.3 Å². The molecule has 0 saturated carbocycles. The van der Waals surface area contributed by atoms with E-state index < -0.39 is 0 Å². The minimum Gasteiger partial charge on any atom is -1.00 e. The first-order valence-corrected chi connectivity index (χ1v) is 8.65. The molecule has 0 aliphatic rings. The minimum absolute atomic E-state index is 0. The zero-order valence-corrected chi connectivity index (χ0v) is 16.0. The van der Waals surface area contributed by atoms with Crippen molar-refractivity contribution in [2.75, 3.05) is 0 Å². The first kappa shape index (κ1) is 19.4. The van der Waals surface area contributed by atoms with Crippen molar-refractivity contribution < 1.29 is 17.1 Å². The Morgan fingerprint density at radius 1 is 0.920 bits per heavy atom. The molecule has 0 spiro atoms. The summed E-state index contributed by atoms with van der Waals surface area (Å²) in [6.45, 7) is 2.08. The molecule has 0 unspecified atom stereocenters. The monoisotopic (exact) mass is 417 g/mol. The Hall–Kier alpha value is -1.88. The fourth-order valence-electron chi connectivity index (χ4n) is 2.41. The molecule has 0 saturated heterocycles. The Labute approximate surface area is 163 Å². The number of benzene rings is 2. The summed E-state index contributed by atoms with van der Waals surface area (Å²) in [4.78, 5) is 4.13. The summed E-state index contributed by atoms with van der Waals surface area (Å²) in [5.74, 6) is 0.903. The zero-order valence-electron chi connectivity index (χ0n) is 13.7. The van der Waals surface area contributed by atoms with Gasteiger partial charge in [-0.25, -0.2) is 0 Å². The molecule has 2 aromatic carbocycles. The van der Waals surface area contributed by atoms with Crippen LogP contribution in [0.4, 0.5) is 0 Å². The lowest BCUT2D eigenvalue weighted by Gasteiger charge is -2.13. The van der Waals surface area contributed by atoms with Gasteiger partial charge >= 0.3 is 0 Å². The van der Waals surface area contributed by atoms with Crippen LogP contribution in [0.25, 0.3) is 0 Å². The zero-order chi connectivity index (χ0) is 16.6. The number of aromatic nitrogens is 1. The lowest BCUT2D eigenvalue weighted by atomic mass is 10.2. The molecule has 3 aromatic rings. The van der Waals surface area contributed by atoms with Crippen molar-refractivity contribution in [2.45, 2.75) is 19.7 Å². The Morgan fingerprint density at radius 2 is 1.72 bits per heavy atom. The lowest BCUT2D eigenvalue weighted by Crippen LogP contribution is -3.00. The van der Waals surface area contributed by atoms with Crippen LogP contribution < -0.4 is 22.5 Å². The molecule has 0 aliphatic carbocycles. The number of nitrogens with zero attached hydrogens (tertiary/aromatic N) is 1. The van der Waals surface area contributed by atoms with Crippen molar-refractivity contribution in [3.05, 3.63) is 94.2 Å². The average molecular weight is 419 g/mol. The second-order valence-electron chi connectivity index (χ2n) is 5.49. The Balaban J connectivity index is 0.00000225. The van der Waals surface area contributed by atoms with Gasteiger partial charge in [-0.15, -0.1) is 0 Å². The first-order valence-electron chi connectivity index (χ1n) is 7.86. The molecular weight excluding hydrogens is 400 g/mol.